The first-order valence-electron chi connectivity index (χ1n) is 9.68. The zero-order valence-corrected chi connectivity index (χ0v) is 16.3. The van der Waals surface area contributed by atoms with Crippen LogP contribution in [0.5, 0.6) is 17.2 Å². The van der Waals surface area contributed by atoms with Gasteiger partial charge in [0.2, 0.25) is 12.5 Å². The molecule has 6 heteroatoms. The van der Waals surface area contributed by atoms with Gasteiger partial charge in [0.25, 0.3) is 0 Å². The minimum absolute atomic E-state index is 0.0936. The lowest BCUT2D eigenvalue weighted by Crippen LogP contribution is -2.35. The van der Waals surface area contributed by atoms with Crippen molar-refractivity contribution < 1.29 is 19.4 Å². The third kappa shape index (κ3) is 3.27. The zero-order chi connectivity index (χ0) is 19.0. The number of oxime groups is 1. The second-order valence-electron chi connectivity index (χ2n) is 7.78. The first-order chi connectivity index (χ1) is 13.1. The minimum Gasteiger partial charge on any atom is -0.492 e. The number of nitrogens with zero attached hydrogens (tertiary/aromatic N) is 2. The van der Waals surface area contributed by atoms with Crippen molar-refractivity contribution in [3.8, 4) is 17.2 Å². The quantitative estimate of drug-likeness (QED) is 0.376. The summed E-state index contributed by atoms with van der Waals surface area (Å²) in [6, 6.07) is 2.18. The van der Waals surface area contributed by atoms with Gasteiger partial charge in [-0.1, -0.05) is 16.8 Å². The Balaban J connectivity index is 1.68. The van der Waals surface area contributed by atoms with Crippen LogP contribution >= 0.6 is 0 Å². The molecule has 1 aliphatic carbocycles. The normalized spacial score (nSPS) is 25.1. The van der Waals surface area contributed by atoms with Gasteiger partial charge < -0.3 is 19.4 Å². The van der Waals surface area contributed by atoms with Gasteiger partial charge in [-0.15, -0.1) is 0 Å². The van der Waals surface area contributed by atoms with Crippen LogP contribution in [0.1, 0.15) is 49.8 Å². The molecule has 0 unspecified atom stereocenters. The van der Waals surface area contributed by atoms with Crippen molar-refractivity contribution in [2.75, 3.05) is 27.5 Å². The molecule has 2 atom stereocenters. The largest absolute Gasteiger partial charge is 0.492 e. The lowest BCUT2D eigenvalue weighted by atomic mass is 9.81. The van der Waals surface area contributed by atoms with Crippen molar-refractivity contribution in [1.82, 2.24) is 4.90 Å². The average Bonchev–Trinajstić information content (AvgIpc) is 3.15. The van der Waals surface area contributed by atoms with Crippen molar-refractivity contribution >= 4 is 5.71 Å². The summed E-state index contributed by atoms with van der Waals surface area (Å²) < 4.78 is 17.0. The molecule has 0 saturated carbocycles. The molecule has 0 radical (unpaired) electrons. The number of benzene rings is 1. The van der Waals surface area contributed by atoms with Crippen molar-refractivity contribution in [3.05, 3.63) is 28.8 Å². The highest BCUT2D eigenvalue weighted by Crippen LogP contribution is 2.50. The Bertz CT molecular complexity index is 787. The Morgan fingerprint density at radius 1 is 1.37 bits per heavy atom. The molecule has 1 aromatic carbocycles. The second-order valence-corrected chi connectivity index (χ2v) is 7.78. The molecule has 2 heterocycles. The molecule has 27 heavy (non-hydrogen) atoms. The zero-order valence-electron chi connectivity index (χ0n) is 16.3. The smallest absolute Gasteiger partial charge is 0.231 e. The fourth-order valence-corrected chi connectivity index (χ4v) is 4.54. The van der Waals surface area contributed by atoms with Gasteiger partial charge in [0, 0.05) is 30.5 Å². The number of allylic oxidation sites excluding steroid dienone is 2. The fraction of sp³-hybridized carbons (Fsp3) is 0.571. The number of fused-ring (bicyclic) bond motifs is 2. The summed E-state index contributed by atoms with van der Waals surface area (Å²) in [4.78, 5) is 2.32. The molecule has 0 aromatic heterocycles. The summed E-state index contributed by atoms with van der Waals surface area (Å²) in [6.45, 7) is 3.35. The van der Waals surface area contributed by atoms with Gasteiger partial charge in [-0.05, 0) is 51.3 Å². The lowest BCUT2D eigenvalue weighted by Gasteiger charge is -2.37. The van der Waals surface area contributed by atoms with E-state index in [4.69, 9.17) is 14.2 Å². The van der Waals surface area contributed by atoms with Crippen LogP contribution < -0.4 is 14.2 Å². The predicted molar refractivity (Wildman–Crippen MR) is 103 cm³/mol. The molecule has 0 spiro atoms. The van der Waals surface area contributed by atoms with E-state index in [-0.39, 0.29) is 12.8 Å². The van der Waals surface area contributed by atoms with Crippen LogP contribution in [0.3, 0.4) is 0 Å². The molecule has 1 N–H and O–H groups in total. The number of hydrogen-bond acceptors (Lipinski definition) is 6. The highest BCUT2D eigenvalue weighted by Gasteiger charge is 2.35. The highest BCUT2D eigenvalue weighted by molar-refractivity contribution is 5.87. The fourth-order valence-electron chi connectivity index (χ4n) is 4.54. The van der Waals surface area contributed by atoms with Gasteiger partial charge in [-0.25, -0.2) is 0 Å². The Labute approximate surface area is 160 Å². The molecule has 0 saturated heterocycles. The Morgan fingerprint density at radius 2 is 2.22 bits per heavy atom. The maximum absolute atomic E-state index is 9.76. The van der Waals surface area contributed by atoms with E-state index >= 15 is 0 Å². The monoisotopic (exact) mass is 372 g/mol. The maximum atomic E-state index is 9.76. The summed E-state index contributed by atoms with van der Waals surface area (Å²) in [5.74, 6) is 2.51. The Morgan fingerprint density at radius 3 is 2.93 bits per heavy atom. The standard InChI is InChI=1S/C21H28N2O4/c1-13-4-6-14(7-5-13)16(22-24)11-17-19-15(8-9-23(17)2)10-18-20(21(19)25-3)27-12-26-18/h4,10,14,17,24H,5-9,11-12H2,1-3H3/b22-16+/t14-,17+/m1/s1. The summed E-state index contributed by atoms with van der Waals surface area (Å²) in [6.07, 6.45) is 6.97. The van der Waals surface area contributed by atoms with E-state index in [0.29, 0.717) is 18.1 Å². The second kappa shape index (κ2) is 7.43. The molecule has 0 fully saturated rings. The molecule has 4 rings (SSSR count). The van der Waals surface area contributed by atoms with Gasteiger partial charge in [0.15, 0.2) is 11.5 Å². The van der Waals surface area contributed by atoms with E-state index in [1.165, 1.54) is 11.1 Å². The van der Waals surface area contributed by atoms with Crippen LogP contribution in [-0.4, -0.2) is 43.3 Å². The molecule has 0 amide bonds. The van der Waals surface area contributed by atoms with Crippen molar-refractivity contribution in [1.29, 1.82) is 0 Å². The minimum atomic E-state index is 0.0936. The number of methoxy groups -OCH3 is 1. The highest BCUT2D eigenvalue weighted by atomic mass is 16.7. The topological polar surface area (TPSA) is 63.5 Å². The van der Waals surface area contributed by atoms with E-state index in [2.05, 4.69) is 36.2 Å². The maximum Gasteiger partial charge on any atom is 0.231 e. The van der Waals surface area contributed by atoms with Gasteiger partial charge >= 0.3 is 0 Å². The number of likely N-dealkylation sites (N-methyl/N-ethyl adjacent to an activating group) is 1. The third-order valence-electron chi connectivity index (χ3n) is 6.19. The van der Waals surface area contributed by atoms with Gasteiger partial charge in [0.05, 0.1) is 12.8 Å². The number of hydrogen-bond donors (Lipinski definition) is 1. The van der Waals surface area contributed by atoms with Crippen molar-refractivity contribution in [3.63, 3.8) is 0 Å². The number of ether oxygens (including phenoxy) is 3. The van der Waals surface area contributed by atoms with Crippen LogP contribution in [0.2, 0.25) is 0 Å². The summed E-state index contributed by atoms with van der Waals surface area (Å²) >= 11 is 0. The van der Waals surface area contributed by atoms with E-state index in [9.17, 15) is 5.21 Å². The molecule has 146 valence electrons. The van der Waals surface area contributed by atoms with E-state index in [1.54, 1.807) is 7.11 Å². The van der Waals surface area contributed by atoms with Crippen LogP contribution in [0.4, 0.5) is 0 Å². The average molecular weight is 372 g/mol. The van der Waals surface area contributed by atoms with Gasteiger partial charge in [-0.2, -0.15) is 0 Å². The lowest BCUT2D eigenvalue weighted by molar-refractivity contribution is 0.170. The van der Waals surface area contributed by atoms with Crippen LogP contribution in [-0.2, 0) is 6.42 Å². The predicted octanol–water partition coefficient (Wildman–Crippen LogP) is 3.92. The molecule has 6 nitrogen and oxygen atoms in total. The van der Waals surface area contributed by atoms with E-state index in [1.807, 2.05) is 0 Å². The van der Waals surface area contributed by atoms with E-state index in [0.717, 1.165) is 55.0 Å². The van der Waals surface area contributed by atoms with Crippen molar-refractivity contribution in [2.24, 2.45) is 11.1 Å². The van der Waals surface area contributed by atoms with E-state index < -0.39 is 0 Å². The van der Waals surface area contributed by atoms with Crippen molar-refractivity contribution in [2.45, 2.75) is 45.1 Å². The van der Waals surface area contributed by atoms with Crippen LogP contribution in [0.15, 0.2) is 22.9 Å². The summed E-state index contributed by atoms with van der Waals surface area (Å²) in [7, 11) is 3.80. The van der Waals surface area contributed by atoms with Gasteiger partial charge in [0.1, 0.15) is 0 Å². The summed E-state index contributed by atoms with van der Waals surface area (Å²) in [5.41, 5.74) is 4.68. The Kier molecular flexibility index (Phi) is 5.00. The third-order valence-corrected chi connectivity index (χ3v) is 6.19. The Hall–Kier alpha value is -2.21. The van der Waals surface area contributed by atoms with Crippen LogP contribution in [0.25, 0.3) is 0 Å². The molecule has 1 aromatic rings. The first-order valence-corrected chi connectivity index (χ1v) is 9.68. The first kappa shape index (κ1) is 18.2. The number of rotatable bonds is 4. The molecule has 3 aliphatic rings. The molecule has 0 bridgehead atoms. The molecule has 2 aliphatic heterocycles. The van der Waals surface area contributed by atoms with Crippen LogP contribution in [0, 0.1) is 5.92 Å². The SMILES string of the molecule is COc1c2c(cc3c1[C@H](C/C(=N\O)[C@@H]1CC=C(C)CC1)N(C)CC3)OCO2. The summed E-state index contributed by atoms with van der Waals surface area (Å²) in [5, 5.41) is 13.5. The molecular weight excluding hydrogens is 344 g/mol. The van der Waals surface area contributed by atoms with Gasteiger partial charge in [-0.3, -0.25) is 4.90 Å². The molecular formula is C21H28N2O4.